The number of rotatable bonds is 5. The maximum absolute atomic E-state index is 4.97. The lowest BCUT2D eigenvalue weighted by atomic mass is 10.2. The van der Waals surface area contributed by atoms with Crippen LogP contribution in [0.15, 0.2) is 35.7 Å². The monoisotopic (exact) mass is 393 g/mol. The molecule has 0 atom stereocenters. The maximum atomic E-state index is 4.97. The molecule has 7 nitrogen and oxygen atoms in total. The zero-order valence-electron chi connectivity index (χ0n) is 17.1. The molecule has 29 heavy (non-hydrogen) atoms. The molecule has 4 rings (SSSR count). The third kappa shape index (κ3) is 5.65. The highest BCUT2D eigenvalue weighted by Gasteiger charge is 2.18. The number of nitrogens with one attached hydrogen (secondary N) is 1. The normalized spacial score (nSPS) is 18.5. The highest BCUT2D eigenvalue weighted by molar-refractivity contribution is 5.79. The Bertz CT molecular complexity index is 739. The Balaban J connectivity index is 1.57. The third-order valence-electron chi connectivity index (χ3n) is 5.62. The Labute approximate surface area is 173 Å². The molecule has 154 valence electrons. The summed E-state index contributed by atoms with van der Waals surface area (Å²) in [6.45, 7) is 4.19. The summed E-state index contributed by atoms with van der Waals surface area (Å²) in [6.07, 6.45) is 15.4. The number of hydrogen-bond acceptors (Lipinski definition) is 7. The standard InChI is InChI=1S/C22H31N7/c1-2-6-14-28(13-5-1)21-17-20(27-24-18-19-9-11-23-12-10-19)25-22(26-21)29-15-7-3-4-8-16-29/h9-12,17-18H,1-8,13-16H2,(H,25,26,27). The van der Waals surface area contributed by atoms with Gasteiger partial charge in [0.1, 0.15) is 5.82 Å². The van der Waals surface area contributed by atoms with E-state index in [9.17, 15) is 0 Å². The smallest absolute Gasteiger partial charge is 0.229 e. The van der Waals surface area contributed by atoms with E-state index in [1.54, 1.807) is 18.6 Å². The van der Waals surface area contributed by atoms with Gasteiger partial charge in [-0.3, -0.25) is 10.4 Å². The summed E-state index contributed by atoms with van der Waals surface area (Å²) in [4.78, 5) is 18.6. The average Bonchev–Trinajstić information content (AvgIpc) is 3.20. The lowest BCUT2D eigenvalue weighted by Crippen LogP contribution is -2.29. The van der Waals surface area contributed by atoms with Gasteiger partial charge in [-0.05, 0) is 43.4 Å². The quantitative estimate of drug-likeness (QED) is 0.610. The van der Waals surface area contributed by atoms with E-state index in [0.29, 0.717) is 0 Å². The zero-order chi connectivity index (χ0) is 19.7. The van der Waals surface area contributed by atoms with Crippen LogP contribution in [-0.2, 0) is 0 Å². The first kappa shape index (κ1) is 19.6. The zero-order valence-corrected chi connectivity index (χ0v) is 17.1. The van der Waals surface area contributed by atoms with Crippen LogP contribution in [0.2, 0.25) is 0 Å². The van der Waals surface area contributed by atoms with E-state index in [1.807, 2.05) is 18.2 Å². The van der Waals surface area contributed by atoms with Gasteiger partial charge in [-0.1, -0.05) is 25.7 Å². The molecule has 1 N–H and O–H groups in total. The predicted molar refractivity (Wildman–Crippen MR) is 119 cm³/mol. The van der Waals surface area contributed by atoms with Gasteiger partial charge in [0.15, 0.2) is 5.82 Å². The molecule has 0 aliphatic carbocycles. The number of nitrogens with zero attached hydrogens (tertiary/aromatic N) is 6. The van der Waals surface area contributed by atoms with Crippen LogP contribution in [0.25, 0.3) is 0 Å². The highest BCUT2D eigenvalue weighted by Crippen LogP contribution is 2.25. The van der Waals surface area contributed by atoms with Crippen LogP contribution in [0.5, 0.6) is 0 Å². The van der Waals surface area contributed by atoms with Gasteiger partial charge in [-0.15, -0.1) is 0 Å². The molecule has 4 heterocycles. The van der Waals surface area contributed by atoms with Gasteiger partial charge in [0.25, 0.3) is 0 Å². The molecule has 2 fully saturated rings. The summed E-state index contributed by atoms with van der Waals surface area (Å²) in [7, 11) is 0. The molecule has 0 spiro atoms. The molecule has 0 radical (unpaired) electrons. The maximum Gasteiger partial charge on any atom is 0.229 e. The molecule has 0 aromatic carbocycles. The second kappa shape index (κ2) is 10.2. The fourth-order valence-corrected chi connectivity index (χ4v) is 3.98. The summed E-state index contributed by atoms with van der Waals surface area (Å²) in [5, 5.41) is 4.39. The van der Waals surface area contributed by atoms with Gasteiger partial charge in [-0.2, -0.15) is 15.1 Å². The van der Waals surface area contributed by atoms with Gasteiger partial charge in [0, 0.05) is 44.6 Å². The molecule has 0 amide bonds. The number of hydrazone groups is 1. The van der Waals surface area contributed by atoms with Crippen molar-refractivity contribution in [1.82, 2.24) is 15.0 Å². The minimum absolute atomic E-state index is 0.754. The first-order valence-electron chi connectivity index (χ1n) is 11.0. The van der Waals surface area contributed by atoms with Crippen molar-refractivity contribution >= 4 is 23.8 Å². The van der Waals surface area contributed by atoms with Crippen LogP contribution >= 0.6 is 0 Å². The number of aromatic nitrogens is 3. The molecule has 0 saturated carbocycles. The Morgan fingerprint density at radius 1 is 0.793 bits per heavy atom. The first-order chi connectivity index (χ1) is 14.4. The van der Waals surface area contributed by atoms with Gasteiger partial charge in [0.05, 0.1) is 6.21 Å². The minimum Gasteiger partial charge on any atom is -0.356 e. The second-order valence-corrected chi connectivity index (χ2v) is 7.86. The van der Waals surface area contributed by atoms with Crippen LogP contribution in [0, 0.1) is 0 Å². The van der Waals surface area contributed by atoms with Crippen molar-refractivity contribution in [3.8, 4) is 0 Å². The lowest BCUT2D eigenvalue weighted by Gasteiger charge is -2.25. The molecular formula is C22H31N7. The van der Waals surface area contributed by atoms with E-state index in [-0.39, 0.29) is 0 Å². The molecular weight excluding hydrogens is 362 g/mol. The van der Waals surface area contributed by atoms with Gasteiger partial charge < -0.3 is 9.80 Å². The number of pyridine rings is 1. The predicted octanol–water partition coefficient (Wildman–Crippen LogP) is 4.08. The molecule has 7 heteroatoms. The van der Waals surface area contributed by atoms with E-state index < -0.39 is 0 Å². The van der Waals surface area contributed by atoms with Crippen LogP contribution in [0.4, 0.5) is 17.6 Å². The van der Waals surface area contributed by atoms with E-state index in [4.69, 9.17) is 9.97 Å². The topological polar surface area (TPSA) is 69.5 Å². The molecule has 2 aliphatic heterocycles. The van der Waals surface area contributed by atoms with Crippen LogP contribution in [0.1, 0.15) is 56.9 Å². The van der Waals surface area contributed by atoms with Crippen molar-refractivity contribution in [2.45, 2.75) is 51.4 Å². The van der Waals surface area contributed by atoms with Crippen LogP contribution in [0.3, 0.4) is 0 Å². The van der Waals surface area contributed by atoms with Gasteiger partial charge in [0.2, 0.25) is 5.95 Å². The van der Waals surface area contributed by atoms with Crippen molar-refractivity contribution in [3.63, 3.8) is 0 Å². The van der Waals surface area contributed by atoms with Gasteiger partial charge in [-0.25, -0.2) is 0 Å². The fraction of sp³-hybridized carbons (Fsp3) is 0.545. The summed E-state index contributed by atoms with van der Waals surface area (Å²) < 4.78 is 0. The first-order valence-corrected chi connectivity index (χ1v) is 11.0. The average molecular weight is 394 g/mol. The molecule has 2 aromatic rings. The number of anilines is 3. The highest BCUT2D eigenvalue weighted by atomic mass is 15.4. The van der Waals surface area contributed by atoms with Crippen molar-refractivity contribution in [3.05, 3.63) is 36.2 Å². The van der Waals surface area contributed by atoms with Gasteiger partial charge >= 0.3 is 0 Å². The van der Waals surface area contributed by atoms with Crippen molar-refractivity contribution in [2.24, 2.45) is 5.10 Å². The largest absolute Gasteiger partial charge is 0.356 e. The molecule has 2 aromatic heterocycles. The summed E-state index contributed by atoms with van der Waals surface area (Å²) >= 11 is 0. The lowest BCUT2D eigenvalue weighted by molar-refractivity contribution is 0.726. The molecule has 2 saturated heterocycles. The summed E-state index contributed by atoms with van der Waals surface area (Å²) in [5.74, 6) is 2.60. The third-order valence-corrected chi connectivity index (χ3v) is 5.62. The summed E-state index contributed by atoms with van der Waals surface area (Å²) in [5.41, 5.74) is 4.13. The molecule has 0 unspecified atom stereocenters. The van der Waals surface area contributed by atoms with E-state index in [2.05, 4.69) is 25.3 Å². The van der Waals surface area contributed by atoms with Crippen LogP contribution < -0.4 is 15.2 Å². The Hall–Kier alpha value is -2.70. The van der Waals surface area contributed by atoms with Crippen LogP contribution in [-0.4, -0.2) is 47.3 Å². The van der Waals surface area contributed by atoms with E-state index in [1.165, 1.54) is 51.4 Å². The molecule has 0 bridgehead atoms. The Morgan fingerprint density at radius 3 is 2.07 bits per heavy atom. The number of hydrogen-bond donors (Lipinski definition) is 1. The van der Waals surface area contributed by atoms with E-state index >= 15 is 0 Å². The second-order valence-electron chi connectivity index (χ2n) is 7.86. The Kier molecular flexibility index (Phi) is 6.89. The summed E-state index contributed by atoms with van der Waals surface area (Å²) in [6, 6.07) is 5.89. The van der Waals surface area contributed by atoms with Crippen molar-refractivity contribution in [2.75, 3.05) is 41.4 Å². The minimum atomic E-state index is 0.754. The SMILES string of the molecule is C(=NNc1cc(N2CCCCCC2)nc(N2CCCCCC2)n1)c1ccncc1. The molecule has 2 aliphatic rings. The fourth-order valence-electron chi connectivity index (χ4n) is 3.98. The van der Waals surface area contributed by atoms with Crippen molar-refractivity contribution < 1.29 is 0 Å². The van der Waals surface area contributed by atoms with E-state index in [0.717, 1.165) is 49.3 Å². The van der Waals surface area contributed by atoms with Crippen molar-refractivity contribution in [1.29, 1.82) is 0 Å². The Morgan fingerprint density at radius 2 is 1.41 bits per heavy atom.